The van der Waals surface area contributed by atoms with Crippen LogP contribution in [0.25, 0.3) is 11.3 Å². The Morgan fingerprint density at radius 1 is 1.21 bits per heavy atom. The predicted octanol–water partition coefficient (Wildman–Crippen LogP) is 3.57. The molecule has 1 N–H and O–H groups in total. The van der Waals surface area contributed by atoms with Crippen LogP contribution in [0.4, 0.5) is 0 Å². The van der Waals surface area contributed by atoms with Gasteiger partial charge in [0.25, 0.3) is 0 Å². The summed E-state index contributed by atoms with van der Waals surface area (Å²) in [6, 6.07) is 10.1. The third-order valence-electron chi connectivity index (χ3n) is 6.00. The maximum Gasteiger partial charge on any atom is 0.236 e. The molecule has 2 aromatic heterocycles. The van der Waals surface area contributed by atoms with Gasteiger partial charge in [0.1, 0.15) is 5.76 Å². The Morgan fingerprint density at radius 2 is 2.00 bits per heavy atom. The van der Waals surface area contributed by atoms with Crippen LogP contribution in [0.3, 0.4) is 0 Å². The Bertz CT molecular complexity index is 1040. The molecule has 1 fully saturated rings. The molecule has 3 heterocycles. The SMILES string of the molecule is Cc1noc(C)c1COC1CN(Cc2cn[nH]c2-c2ccccc2)CC(=O)N(CC(C)C)C1. The molecule has 1 amide bonds. The summed E-state index contributed by atoms with van der Waals surface area (Å²) in [7, 11) is 0. The molecule has 0 radical (unpaired) electrons. The Morgan fingerprint density at radius 3 is 2.70 bits per heavy atom. The number of amides is 1. The Hall–Kier alpha value is -2.97. The van der Waals surface area contributed by atoms with Gasteiger partial charge in [-0.25, -0.2) is 0 Å². The summed E-state index contributed by atoms with van der Waals surface area (Å²) >= 11 is 0. The van der Waals surface area contributed by atoms with E-state index in [0.717, 1.165) is 40.4 Å². The number of rotatable bonds is 8. The molecular formula is C25H33N5O3. The van der Waals surface area contributed by atoms with E-state index in [1.165, 1.54) is 0 Å². The minimum atomic E-state index is -0.115. The number of aromatic nitrogens is 3. The van der Waals surface area contributed by atoms with E-state index in [1.54, 1.807) is 0 Å². The van der Waals surface area contributed by atoms with Crippen LogP contribution < -0.4 is 0 Å². The standard InChI is InChI=1S/C25H33N5O3/c1-17(2)11-30-14-22(32-16-23-18(3)28-33-19(23)4)13-29(15-24(30)31)12-21-10-26-27-25(21)20-8-6-5-7-9-20/h5-10,17,22H,11-16H2,1-4H3,(H,26,27). The summed E-state index contributed by atoms with van der Waals surface area (Å²) in [6.45, 7) is 11.4. The number of ether oxygens (including phenoxy) is 1. The highest BCUT2D eigenvalue weighted by molar-refractivity contribution is 5.78. The number of carbonyl (C=O) groups excluding carboxylic acids is 1. The van der Waals surface area contributed by atoms with Crippen molar-refractivity contribution in [2.75, 3.05) is 26.2 Å². The Balaban J connectivity index is 1.52. The molecule has 1 aliphatic heterocycles. The van der Waals surface area contributed by atoms with Crippen molar-refractivity contribution in [3.63, 3.8) is 0 Å². The zero-order valence-corrected chi connectivity index (χ0v) is 19.9. The van der Waals surface area contributed by atoms with E-state index in [1.807, 2.05) is 43.1 Å². The average Bonchev–Trinajstić information content (AvgIpc) is 3.33. The second-order valence-corrected chi connectivity index (χ2v) is 9.23. The molecule has 1 atom stereocenters. The fourth-order valence-electron chi connectivity index (χ4n) is 4.33. The van der Waals surface area contributed by atoms with Crippen molar-refractivity contribution >= 4 is 5.91 Å². The van der Waals surface area contributed by atoms with Crippen molar-refractivity contribution < 1.29 is 14.1 Å². The topological polar surface area (TPSA) is 87.5 Å². The minimum Gasteiger partial charge on any atom is -0.370 e. The van der Waals surface area contributed by atoms with Gasteiger partial charge in [-0.3, -0.25) is 14.8 Å². The van der Waals surface area contributed by atoms with E-state index in [0.29, 0.717) is 38.7 Å². The first-order valence-corrected chi connectivity index (χ1v) is 11.5. The summed E-state index contributed by atoms with van der Waals surface area (Å²) in [5.74, 6) is 1.30. The molecule has 1 aliphatic rings. The molecule has 1 aromatic carbocycles. The van der Waals surface area contributed by atoms with Gasteiger partial charge in [-0.1, -0.05) is 49.3 Å². The first kappa shape index (κ1) is 23.2. The number of nitrogens with zero attached hydrogens (tertiary/aromatic N) is 4. The fourth-order valence-corrected chi connectivity index (χ4v) is 4.33. The van der Waals surface area contributed by atoms with Crippen molar-refractivity contribution in [3.05, 3.63) is 59.1 Å². The van der Waals surface area contributed by atoms with Gasteiger partial charge in [0.2, 0.25) is 5.91 Å². The molecule has 1 saturated heterocycles. The predicted molar refractivity (Wildman–Crippen MR) is 125 cm³/mol. The van der Waals surface area contributed by atoms with E-state index in [2.05, 4.69) is 46.2 Å². The number of hydrogen-bond donors (Lipinski definition) is 1. The van der Waals surface area contributed by atoms with Crippen LogP contribution in [0.15, 0.2) is 41.1 Å². The zero-order chi connectivity index (χ0) is 23.4. The van der Waals surface area contributed by atoms with Crippen molar-refractivity contribution in [2.45, 2.75) is 47.0 Å². The average molecular weight is 452 g/mol. The largest absolute Gasteiger partial charge is 0.370 e. The lowest BCUT2D eigenvalue weighted by Gasteiger charge is -2.26. The molecule has 1 unspecified atom stereocenters. The van der Waals surface area contributed by atoms with E-state index in [4.69, 9.17) is 9.26 Å². The molecule has 33 heavy (non-hydrogen) atoms. The van der Waals surface area contributed by atoms with Crippen LogP contribution in [-0.2, 0) is 22.7 Å². The van der Waals surface area contributed by atoms with Crippen LogP contribution in [0, 0.1) is 19.8 Å². The van der Waals surface area contributed by atoms with Gasteiger partial charge < -0.3 is 14.2 Å². The molecule has 3 aromatic rings. The lowest BCUT2D eigenvalue weighted by Crippen LogP contribution is -2.40. The van der Waals surface area contributed by atoms with Gasteiger partial charge in [0.05, 0.1) is 36.8 Å². The van der Waals surface area contributed by atoms with Gasteiger partial charge in [-0.2, -0.15) is 5.10 Å². The first-order valence-electron chi connectivity index (χ1n) is 11.5. The van der Waals surface area contributed by atoms with Crippen molar-refractivity contribution in [3.8, 4) is 11.3 Å². The summed E-state index contributed by atoms with van der Waals surface area (Å²) in [5, 5.41) is 11.4. The molecule has 176 valence electrons. The molecule has 0 spiro atoms. The zero-order valence-electron chi connectivity index (χ0n) is 19.9. The Kier molecular flexibility index (Phi) is 7.25. The summed E-state index contributed by atoms with van der Waals surface area (Å²) < 4.78 is 11.6. The lowest BCUT2D eigenvalue weighted by atomic mass is 10.1. The number of aromatic amines is 1. The first-order chi connectivity index (χ1) is 15.9. The van der Waals surface area contributed by atoms with Gasteiger partial charge in [0, 0.05) is 37.3 Å². The summed E-state index contributed by atoms with van der Waals surface area (Å²) in [4.78, 5) is 17.2. The second kappa shape index (κ2) is 10.3. The van der Waals surface area contributed by atoms with Crippen molar-refractivity contribution in [2.24, 2.45) is 5.92 Å². The summed E-state index contributed by atoms with van der Waals surface area (Å²) in [5.41, 5.74) is 4.96. The Labute approximate surface area is 194 Å². The monoisotopic (exact) mass is 451 g/mol. The number of aryl methyl sites for hydroxylation is 2. The number of benzene rings is 1. The van der Waals surface area contributed by atoms with Crippen molar-refractivity contribution in [1.82, 2.24) is 25.2 Å². The van der Waals surface area contributed by atoms with Crippen LogP contribution >= 0.6 is 0 Å². The normalized spacial score (nSPS) is 17.7. The molecular weight excluding hydrogens is 418 g/mol. The fraction of sp³-hybridized carbons (Fsp3) is 0.480. The van der Waals surface area contributed by atoms with Gasteiger partial charge in [-0.15, -0.1) is 0 Å². The number of hydrogen-bond acceptors (Lipinski definition) is 6. The van der Waals surface area contributed by atoms with Crippen molar-refractivity contribution in [1.29, 1.82) is 0 Å². The van der Waals surface area contributed by atoms with Crippen LogP contribution in [-0.4, -0.2) is 63.3 Å². The van der Waals surface area contributed by atoms with E-state index < -0.39 is 0 Å². The molecule has 4 rings (SSSR count). The smallest absolute Gasteiger partial charge is 0.236 e. The van der Waals surface area contributed by atoms with E-state index >= 15 is 0 Å². The number of nitrogens with one attached hydrogen (secondary N) is 1. The maximum atomic E-state index is 13.1. The number of carbonyl (C=O) groups is 1. The van der Waals surface area contributed by atoms with Gasteiger partial charge in [0.15, 0.2) is 0 Å². The van der Waals surface area contributed by atoms with Crippen LogP contribution in [0.2, 0.25) is 0 Å². The number of H-pyrrole nitrogens is 1. The third-order valence-corrected chi connectivity index (χ3v) is 6.00. The molecule has 0 aliphatic carbocycles. The third kappa shape index (κ3) is 5.69. The van der Waals surface area contributed by atoms with Crippen LogP contribution in [0.1, 0.15) is 36.4 Å². The highest BCUT2D eigenvalue weighted by Crippen LogP contribution is 2.23. The van der Waals surface area contributed by atoms with E-state index in [9.17, 15) is 4.79 Å². The molecule has 0 saturated carbocycles. The molecule has 8 nitrogen and oxygen atoms in total. The van der Waals surface area contributed by atoms with Gasteiger partial charge in [-0.05, 0) is 25.3 Å². The van der Waals surface area contributed by atoms with Gasteiger partial charge >= 0.3 is 0 Å². The van der Waals surface area contributed by atoms with E-state index in [-0.39, 0.29) is 12.0 Å². The highest BCUT2D eigenvalue weighted by Gasteiger charge is 2.30. The van der Waals surface area contributed by atoms with Crippen LogP contribution in [0.5, 0.6) is 0 Å². The summed E-state index contributed by atoms with van der Waals surface area (Å²) in [6.07, 6.45) is 1.74. The molecule has 0 bridgehead atoms. The second-order valence-electron chi connectivity index (χ2n) is 9.23. The quantitative estimate of drug-likeness (QED) is 0.563. The maximum absolute atomic E-state index is 13.1. The highest BCUT2D eigenvalue weighted by atomic mass is 16.5. The lowest BCUT2D eigenvalue weighted by molar-refractivity contribution is -0.132. The minimum absolute atomic E-state index is 0.115. The molecule has 8 heteroatoms.